The van der Waals surface area contributed by atoms with Crippen molar-refractivity contribution >= 4 is 16.9 Å². The van der Waals surface area contributed by atoms with Gasteiger partial charge in [0.15, 0.2) is 0 Å². The van der Waals surface area contributed by atoms with Gasteiger partial charge in [-0.15, -0.1) is 0 Å². The van der Waals surface area contributed by atoms with Gasteiger partial charge in [0.2, 0.25) is 0 Å². The van der Waals surface area contributed by atoms with Crippen molar-refractivity contribution in [1.29, 1.82) is 0 Å². The second kappa shape index (κ2) is 12.7. The first-order valence-electron chi connectivity index (χ1n) is 12.4. The molecule has 182 valence electrons. The van der Waals surface area contributed by atoms with Gasteiger partial charge < -0.3 is 14.6 Å². The van der Waals surface area contributed by atoms with Crippen LogP contribution in [0.3, 0.4) is 0 Å². The molecule has 0 aliphatic carbocycles. The van der Waals surface area contributed by atoms with E-state index in [2.05, 4.69) is 28.1 Å². The van der Waals surface area contributed by atoms with E-state index in [1.807, 2.05) is 36.4 Å². The summed E-state index contributed by atoms with van der Waals surface area (Å²) in [6.45, 7) is 2.14. The lowest BCUT2D eigenvalue weighted by molar-refractivity contribution is 0.0949. The second-order valence-electron chi connectivity index (χ2n) is 8.58. The molecule has 4 aromatic rings. The van der Waals surface area contributed by atoms with Gasteiger partial charge in [0.25, 0.3) is 5.91 Å². The van der Waals surface area contributed by atoms with E-state index < -0.39 is 5.82 Å². The molecule has 0 fully saturated rings. The molecule has 35 heavy (non-hydrogen) atoms. The summed E-state index contributed by atoms with van der Waals surface area (Å²) >= 11 is 0. The molecule has 6 heteroatoms. The van der Waals surface area contributed by atoms with Crippen molar-refractivity contribution in [2.24, 2.45) is 0 Å². The Morgan fingerprint density at radius 3 is 2.49 bits per heavy atom. The lowest BCUT2D eigenvalue weighted by atomic mass is 10.1. The van der Waals surface area contributed by atoms with Crippen LogP contribution in [0.1, 0.15) is 48.3 Å². The molecule has 4 rings (SSSR count). The Balaban J connectivity index is 1.22. The number of nitrogens with one attached hydrogen (secondary N) is 1. The molecule has 0 radical (unpaired) electrons. The number of hydrogen-bond donors (Lipinski definition) is 1. The number of imidazole rings is 1. The Morgan fingerprint density at radius 1 is 0.857 bits per heavy atom. The highest BCUT2D eigenvalue weighted by Gasteiger charge is 2.11. The van der Waals surface area contributed by atoms with Crippen LogP contribution in [-0.2, 0) is 13.0 Å². The number of aromatic nitrogens is 2. The van der Waals surface area contributed by atoms with Crippen molar-refractivity contribution in [2.45, 2.75) is 45.1 Å². The molecule has 0 saturated heterocycles. The number of halogens is 1. The van der Waals surface area contributed by atoms with Crippen molar-refractivity contribution in [2.75, 3.05) is 13.2 Å². The maximum atomic E-state index is 13.7. The van der Waals surface area contributed by atoms with Gasteiger partial charge in [0, 0.05) is 19.5 Å². The summed E-state index contributed by atoms with van der Waals surface area (Å²) in [5.41, 5.74) is 2.29. The van der Waals surface area contributed by atoms with Crippen LogP contribution in [0.2, 0.25) is 0 Å². The van der Waals surface area contributed by atoms with E-state index in [1.54, 1.807) is 12.1 Å². The lowest BCUT2D eigenvalue weighted by Crippen LogP contribution is -2.25. The minimum atomic E-state index is -0.490. The average Bonchev–Trinajstić information content (AvgIpc) is 3.24. The Hall–Kier alpha value is -3.67. The van der Waals surface area contributed by atoms with Gasteiger partial charge >= 0.3 is 0 Å². The zero-order valence-corrected chi connectivity index (χ0v) is 20.0. The highest BCUT2D eigenvalue weighted by molar-refractivity contribution is 5.94. The number of unbranched alkanes of at least 4 members (excludes halogenated alkanes) is 3. The van der Waals surface area contributed by atoms with Crippen LogP contribution < -0.4 is 10.1 Å². The zero-order chi connectivity index (χ0) is 24.3. The Labute approximate surface area is 206 Å². The van der Waals surface area contributed by atoms with Crippen LogP contribution in [-0.4, -0.2) is 28.6 Å². The van der Waals surface area contributed by atoms with Gasteiger partial charge in [0.05, 0.1) is 23.2 Å². The van der Waals surface area contributed by atoms with Gasteiger partial charge in [0.1, 0.15) is 17.4 Å². The number of hydrogen-bond acceptors (Lipinski definition) is 3. The molecule has 1 heterocycles. The van der Waals surface area contributed by atoms with Gasteiger partial charge in [-0.25, -0.2) is 9.37 Å². The summed E-state index contributed by atoms with van der Waals surface area (Å²) in [5.74, 6) is 1.16. The summed E-state index contributed by atoms with van der Waals surface area (Å²) < 4.78 is 21.9. The smallest absolute Gasteiger partial charge is 0.254 e. The Bertz CT molecular complexity index is 1220. The number of nitrogens with zero attached hydrogens (tertiary/aromatic N) is 2. The zero-order valence-electron chi connectivity index (χ0n) is 20.0. The number of rotatable bonds is 13. The van der Waals surface area contributed by atoms with Gasteiger partial charge in [-0.3, -0.25) is 4.79 Å². The average molecular weight is 474 g/mol. The molecule has 0 bridgehead atoms. The van der Waals surface area contributed by atoms with Gasteiger partial charge in [-0.1, -0.05) is 48.9 Å². The number of ether oxygens (including phenoxy) is 1. The summed E-state index contributed by atoms with van der Waals surface area (Å²) in [6, 6.07) is 24.2. The predicted molar refractivity (Wildman–Crippen MR) is 137 cm³/mol. The summed E-state index contributed by atoms with van der Waals surface area (Å²) in [6.07, 6.45) is 5.67. The molecule has 5 nitrogen and oxygen atoms in total. The Kier molecular flexibility index (Phi) is 8.87. The first kappa shape index (κ1) is 24.5. The minimum Gasteiger partial charge on any atom is -0.494 e. The Morgan fingerprint density at radius 2 is 1.63 bits per heavy atom. The van der Waals surface area contributed by atoms with E-state index in [0.717, 1.165) is 62.2 Å². The monoisotopic (exact) mass is 473 g/mol. The van der Waals surface area contributed by atoms with Gasteiger partial charge in [-0.05, 0) is 62.1 Å². The first-order valence-corrected chi connectivity index (χ1v) is 12.4. The molecule has 0 spiro atoms. The van der Waals surface area contributed by atoms with Crippen molar-refractivity contribution in [1.82, 2.24) is 14.9 Å². The number of fused-ring (bicyclic) bond motifs is 1. The van der Waals surface area contributed by atoms with Crippen LogP contribution in [0.15, 0.2) is 78.9 Å². The molecular weight excluding hydrogens is 441 g/mol. The first-order chi connectivity index (χ1) is 17.2. The van der Waals surface area contributed by atoms with E-state index in [-0.39, 0.29) is 11.5 Å². The third-order valence-electron chi connectivity index (χ3n) is 6.00. The minimum absolute atomic E-state index is 0.0929. The molecule has 1 N–H and O–H groups in total. The molecule has 1 amide bonds. The maximum absolute atomic E-state index is 13.7. The predicted octanol–water partition coefficient (Wildman–Crippen LogP) is 6.18. The summed E-state index contributed by atoms with van der Waals surface area (Å²) in [7, 11) is 0. The fourth-order valence-electron chi connectivity index (χ4n) is 4.17. The molecule has 3 aromatic carbocycles. The largest absolute Gasteiger partial charge is 0.494 e. The van der Waals surface area contributed by atoms with Crippen molar-refractivity contribution in [3.05, 3.63) is 96.1 Å². The van der Waals surface area contributed by atoms with Crippen molar-refractivity contribution in [3.63, 3.8) is 0 Å². The topological polar surface area (TPSA) is 56.2 Å². The quantitative estimate of drug-likeness (QED) is 0.236. The van der Waals surface area contributed by atoms with E-state index >= 15 is 0 Å². The van der Waals surface area contributed by atoms with E-state index in [9.17, 15) is 9.18 Å². The number of para-hydroxylation sites is 3. The lowest BCUT2D eigenvalue weighted by Gasteiger charge is -2.10. The molecule has 0 aliphatic rings. The normalized spacial score (nSPS) is 11.0. The molecule has 0 atom stereocenters. The van der Waals surface area contributed by atoms with E-state index in [0.29, 0.717) is 13.2 Å². The molecular formula is C29H32FN3O2. The third-order valence-corrected chi connectivity index (χ3v) is 6.00. The van der Waals surface area contributed by atoms with E-state index in [1.165, 1.54) is 17.6 Å². The number of aryl methyl sites for hydroxylation is 2. The highest BCUT2D eigenvalue weighted by atomic mass is 19.1. The molecule has 0 saturated carbocycles. The van der Waals surface area contributed by atoms with Crippen molar-refractivity contribution in [3.8, 4) is 5.75 Å². The van der Waals surface area contributed by atoms with E-state index in [4.69, 9.17) is 9.72 Å². The fraction of sp³-hybridized carbons (Fsp3) is 0.310. The van der Waals surface area contributed by atoms with Crippen LogP contribution in [0, 0.1) is 5.82 Å². The molecule has 1 aromatic heterocycles. The number of benzene rings is 3. The standard InChI is InChI=1S/C29H32FN3O2/c30-25-16-7-6-15-24(25)29(34)31-20-10-2-5-19-28-32-26-17-8-9-18-27(26)33(28)21-11-12-22-35-23-13-3-1-4-14-23/h1,3-4,6-9,13-18H,2,5,10-12,19-22H2,(H,31,34). The van der Waals surface area contributed by atoms with Crippen LogP contribution in [0.4, 0.5) is 4.39 Å². The molecule has 0 unspecified atom stereocenters. The maximum Gasteiger partial charge on any atom is 0.254 e. The SMILES string of the molecule is O=C(NCCCCCc1nc2ccccc2n1CCCCOc1ccccc1)c1ccccc1F. The van der Waals surface area contributed by atoms with Crippen molar-refractivity contribution < 1.29 is 13.9 Å². The summed E-state index contributed by atoms with van der Waals surface area (Å²) in [5, 5.41) is 2.81. The van der Waals surface area contributed by atoms with Crippen LogP contribution in [0.25, 0.3) is 11.0 Å². The van der Waals surface area contributed by atoms with Crippen LogP contribution >= 0.6 is 0 Å². The fourth-order valence-corrected chi connectivity index (χ4v) is 4.17. The summed E-state index contributed by atoms with van der Waals surface area (Å²) in [4.78, 5) is 17.0. The number of amides is 1. The number of carbonyl (C=O) groups excluding carboxylic acids is 1. The highest BCUT2D eigenvalue weighted by Crippen LogP contribution is 2.19. The van der Waals surface area contributed by atoms with Crippen LogP contribution in [0.5, 0.6) is 5.75 Å². The number of carbonyl (C=O) groups is 1. The molecule has 0 aliphatic heterocycles. The second-order valence-corrected chi connectivity index (χ2v) is 8.58. The third kappa shape index (κ3) is 6.92. The van der Waals surface area contributed by atoms with Gasteiger partial charge in [-0.2, -0.15) is 0 Å².